The molecule has 0 unspecified atom stereocenters. The standard InChI is InChI=1S/C22H25N5O3S/c1-15-2-3-17(10-23)21(8-15)31(28,29)27-7-6-26-14-19(9-18(26)13-27)30-22-12-24-20(11-25-22)16-4-5-16/h2-3,8,11-12,16,18-19H,4-7,9,13-14H2,1H3/t18-,19+/m0/s1. The van der Waals surface area contributed by atoms with E-state index in [0.29, 0.717) is 31.4 Å². The van der Waals surface area contributed by atoms with Gasteiger partial charge in [0.15, 0.2) is 0 Å². The van der Waals surface area contributed by atoms with Crippen molar-refractivity contribution >= 4 is 10.0 Å². The highest BCUT2D eigenvalue weighted by Crippen LogP contribution is 2.38. The lowest BCUT2D eigenvalue weighted by Crippen LogP contribution is -2.52. The molecular formula is C22H25N5O3S. The largest absolute Gasteiger partial charge is 0.472 e. The van der Waals surface area contributed by atoms with Crippen LogP contribution in [0.2, 0.25) is 0 Å². The SMILES string of the molecule is Cc1ccc(C#N)c(S(=O)(=O)N2CCN3C[C@H](Oc4cnc(C5CC5)cn4)C[C@H]3C2)c1. The lowest BCUT2D eigenvalue weighted by molar-refractivity contribution is 0.151. The van der Waals surface area contributed by atoms with Crippen molar-refractivity contribution in [1.82, 2.24) is 19.2 Å². The first-order chi connectivity index (χ1) is 14.9. The quantitative estimate of drug-likeness (QED) is 0.703. The minimum absolute atomic E-state index is 0.0395. The molecule has 1 aromatic heterocycles. The Hall–Kier alpha value is -2.54. The van der Waals surface area contributed by atoms with E-state index in [2.05, 4.69) is 14.9 Å². The second kappa shape index (κ2) is 7.86. The van der Waals surface area contributed by atoms with Crippen LogP contribution in [0.5, 0.6) is 5.88 Å². The molecule has 0 amide bonds. The lowest BCUT2D eigenvalue weighted by atomic mass is 10.2. The molecule has 1 saturated carbocycles. The number of nitrogens with zero attached hydrogens (tertiary/aromatic N) is 5. The Kier molecular flexibility index (Phi) is 5.16. The summed E-state index contributed by atoms with van der Waals surface area (Å²) in [7, 11) is -3.73. The molecule has 2 saturated heterocycles. The maximum atomic E-state index is 13.3. The number of rotatable bonds is 5. The predicted octanol–water partition coefficient (Wildman–Crippen LogP) is 2.06. The third kappa shape index (κ3) is 4.03. The molecule has 1 aromatic carbocycles. The number of nitriles is 1. The number of fused-ring (bicyclic) bond motifs is 1. The van der Waals surface area contributed by atoms with Crippen molar-refractivity contribution in [3.63, 3.8) is 0 Å². The van der Waals surface area contributed by atoms with E-state index in [9.17, 15) is 13.7 Å². The first kappa shape index (κ1) is 20.4. The molecule has 2 aliphatic heterocycles. The third-order valence-corrected chi connectivity index (χ3v) is 8.25. The van der Waals surface area contributed by atoms with Crippen LogP contribution in [0.1, 0.15) is 42.0 Å². The summed E-state index contributed by atoms with van der Waals surface area (Å²) in [5.41, 5.74) is 2.04. The highest BCUT2D eigenvalue weighted by atomic mass is 32.2. The summed E-state index contributed by atoms with van der Waals surface area (Å²) in [5.74, 6) is 1.09. The van der Waals surface area contributed by atoms with Gasteiger partial charge in [-0.05, 0) is 37.5 Å². The zero-order valence-corrected chi connectivity index (χ0v) is 18.3. The Labute approximate surface area is 182 Å². The molecule has 5 rings (SSSR count). The molecule has 0 bridgehead atoms. The van der Waals surface area contributed by atoms with Gasteiger partial charge < -0.3 is 4.74 Å². The Morgan fingerprint density at radius 2 is 2.00 bits per heavy atom. The van der Waals surface area contributed by atoms with Crippen LogP contribution < -0.4 is 4.74 Å². The average Bonchev–Trinajstić information content (AvgIpc) is 3.53. The van der Waals surface area contributed by atoms with Gasteiger partial charge in [0.1, 0.15) is 17.1 Å². The van der Waals surface area contributed by atoms with E-state index in [0.717, 1.165) is 24.2 Å². The highest BCUT2D eigenvalue weighted by molar-refractivity contribution is 7.89. The second-order valence-electron chi connectivity index (χ2n) is 8.65. The summed E-state index contributed by atoms with van der Waals surface area (Å²) in [6, 6.07) is 7.02. The van der Waals surface area contributed by atoms with Crippen LogP contribution in [0.3, 0.4) is 0 Å². The number of benzene rings is 1. The minimum atomic E-state index is -3.73. The van der Waals surface area contributed by atoms with Crippen molar-refractivity contribution in [3.05, 3.63) is 47.4 Å². The molecule has 0 spiro atoms. The number of hydrogen-bond donors (Lipinski definition) is 0. The number of hydrogen-bond acceptors (Lipinski definition) is 7. The topological polar surface area (TPSA) is 99.4 Å². The summed E-state index contributed by atoms with van der Waals surface area (Å²) < 4.78 is 34.1. The van der Waals surface area contributed by atoms with E-state index in [-0.39, 0.29) is 22.6 Å². The van der Waals surface area contributed by atoms with Gasteiger partial charge in [-0.2, -0.15) is 9.57 Å². The molecule has 9 heteroatoms. The van der Waals surface area contributed by atoms with Crippen LogP contribution in [0.4, 0.5) is 0 Å². The van der Waals surface area contributed by atoms with Crippen LogP contribution in [0.15, 0.2) is 35.5 Å². The lowest BCUT2D eigenvalue weighted by Gasteiger charge is -2.36. The molecule has 1 aliphatic carbocycles. The van der Waals surface area contributed by atoms with Crippen molar-refractivity contribution in [1.29, 1.82) is 5.26 Å². The molecule has 2 aromatic rings. The average molecular weight is 440 g/mol. The van der Waals surface area contributed by atoms with Gasteiger partial charge in [0.05, 0.1) is 23.7 Å². The van der Waals surface area contributed by atoms with Gasteiger partial charge in [0, 0.05) is 44.6 Å². The van der Waals surface area contributed by atoms with Gasteiger partial charge in [-0.15, -0.1) is 0 Å². The van der Waals surface area contributed by atoms with E-state index in [1.807, 2.05) is 13.0 Å². The maximum absolute atomic E-state index is 13.3. The fraction of sp³-hybridized carbons (Fsp3) is 0.500. The second-order valence-corrected chi connectivity index (χ2v) is 10.6. The fourth-order valence-electron chi connectivity index (χ4n) is 4.49. The maximum Gasteiger partial charge on any atom is 0.244 e. The molecule has 3 fully saturated rings. The molecule has 3 aliphatic rings. The summed E-state index contributed by atoms with van der Waals surface area (Å²) in [6.07, 6.45) is 6.57. The van der Waals surface area contributed by atoms with E-state index in [4.69, 9.17) is 4.74 Å². The molecule has 31 heavy (non-hydrogen) atoms. The Morgan fingerprint density at radius 3 is 2.71 bits per heavy atom. The minimum Gasteiger partial charge on any atom is -0.472 e. The summed E-state index contributed by atoms with van der Waals surface area (Å²) in [5, 5.41) is 9.38. The number of aromatic nitrogens is 2. The Bertz CT molecular complexity index is 1120. The van der Waals surface area contributed by atoms with Crippen molar-refractivity contribution < 1.29 is 13.2 Å². The van der Waals surface area contributed by atoms with Crippen molar-refractivity contribution in [3.8, 4) is 11.9 Å². The van der Waals surface area contributed by atoms with E-state index in [1.165, 1.54) is 17.1 Å². The fourth-order valence-corrected chi connectivity index (χ4v) is 6.19. The van der Waals surface area contributed by atoms with Crippen LogP contribution in [-0.4, -0.2) is 65.9 Å². The molecule has 8 nitrogen and oxygen atoms in total. The zero-order valence-electron chi connectivity index (χ0n) is 17.4. The van der Waals surface area contributed by atoms with E-state index in [1.54, 1.807) is 30.6 Å². The van der Waals surface area contributed by atoms with Gasteiger partial charge in [0.25, 0.3) is 0 Å². The number of piperazine rings is 1. The van der Waals surface area contributed by atoms with Crippen molar-refractivity contribution in [2.75, 3.05) is 26.2 Å². The Balaban J connectivity index is 1.26. The smallest absolute Gasteiger partial charge is 0.244 e. The van der Waals surface area contributed by atoms with Gasteiger partial charge in [-0.25, -0.2) is 13.4 Å². The first-order valence-electron chi connectivity index (χ1n) is 10.7. The van der Waals surface area contributed by atoms with Crippen LogP contribution in [0.25, 0.3) is 0 Å². The number of sulfonamides is 1. The summed E-state index contributed by atoms with van der Waals surface area (Å²) >= 11 is 0. The molecule has 2 atom stereocenters. The van der Waals surface area contributed by atoms with Crippen LogP contribution in [-0.2, 0) is 10.0 Å². The van der Waals surface area contributed by atoms with Gasteiger partial charge in [-0.1, -0.05) is 6.07 Å². The molecule has 3 heterocycles. The van der Waals surface area contributed by atoms with Crippen LogP contribution in [0, 0.1) is 18.3 Å². The third-order valence-electron chi connectivity index (χ3n) is 6.35. The monoisotopic (exact) mass is 439 g/mol. The van der Waals surface area contributed by atoms with E-state index < -0.39 is 10.0 Å². The predicted molar refractivity (Wildman–Crippen MR) is 113 cm³/mol. The van der Waals surface area contributed by atoms with Crippen molar-refractivity contribution in [2.24, 2.45) is 0 Å². The van der Waals surface area contributed by atoms with Crippen molar-refractivity contribution in [2.45, 2.75) is 49.1 Å². The molecular weight excluding hydrogens is 414 g/mol. The number of aryl methyl sites for hydroxylation is 1. The number of ether oxygens (including phenoxy) is 1. The van der Waals surface area contributed by atoms with Gasteiger partial charge in [-0.3, -0.25) is 9.88 Å². The van der Waals surface area contributed by atoms with Gasteiger partial charge in [0.2, 0.25) is 15.9 Å². The van der Waals surface area contributed by atoms with Crippen LogP contribution >= 0.6 is 0 Å². The molecule has 162 valence electrons. The highest BCUT2D eigenvalue weighted by Gasteiger charge is 2.41. The molecule has 0 radical (unpaired) electrons. The normalized spacial score (nSPS) is 24.5. The van der Waals surface area contributed by atoms with E-state index >= 15 is 0 Å². The molecule has 0 N–H and O–H groups in total. The first-order valence-corrected chi connectivity index (χ1v) is 12.1. The zero-order chi connectivity index (χ0) is 21.6. The summed E-state index contributed by atoms with van der Waals surface area (Å²) in [4.78, 5) is 11.2. The van der Waals surface area contributed by atoms with Gasteiger partial charge >= 0.3 is 0 Å². The summed E-state index contributed by atoms with van der Waals surface area (Å²) in [6.45, 7) is 4.02. The Morgan fingerprint density at radius 1 is 1.16 bits per heavy atom.